The molecule has 0 radical (unpaired) electrons. The fourth-order valence-electron chi connectivity index (χ4n) is 4.35. The number of para-hydroxylation sites is 1. The molecule has 1 aliphatic rings. The van der Waals surface area contributed by atoms with Crippen LogP contribution >= 0.6 is 11.5 Å². The predicted molar refractivity (Wildman–Crippen MR) is 142 cm³/mol. The molecule has 6 nitrogen and oxygen atoms in total. The number of nitrogens with zero attached hydrogens (tertiary/aromatic N) is 3. The lowest BCUT2D eigenvalue weighted by Gasteiger charge is -2.35. The molecule has 2 heterocycles. The molecule has 1 saturated heterocycles. The van der Waals surface area contributed by atoms with Crippen molar-refractivity contribution >= 4 is 39.4 Å². The highest BCUT2D eigenvalue weighted by atomic mass is 32.1. The Morgan fingerprint density at radius 2 is 1.91 bits per heavy atom. The number of carbonyl (C=O) groups excluding carboxylic acids is 1. The van der Waals surface area contributed by atoms with Crippen LogP contribution in [0.1, 0.15) is 25.3 Å². The molecule has 0 unspecified atom stereocenters. The Labute approximate surface area is 206 Å². The Bertz CT molecular complexity index is 1100. The van der Waals surface area contributed by atoms with E-state index in [1.807, 2.05) is 24.3 Å². The third-order valence-electron chi connectivity index (χ3n) is 6.38. The summed E-state index contributed by atoms with van der Waals surface area (Å²) in [6.45, 7) is 8.21. The molecule has 1 aromatic heterocycles. The lowest BCUT2D eigenvalue weighted by atomic mass is 10.1. The Morgan fingerprint density at radius 1 is 1.15 bits per heavy atom. The smallest absolute Gasteiger partial charge is 0.244 e. The highest BCUT2D eigenvalue weighted by Gasteiger charge is 2.20. The average molecular weight is 479 g/mol. The quantitative estimate of drug-likeness (QED) is 0.429. The fraction of sp³-hybridized carbons (Fsp3) is 0.407. The highest BCUT2D eigenvalue weighted by Crippen LogP contribution is 2.29. The van der Waals surface area contributed by atoms with Gasteiger partial charge < -0.3 is 15.0 Å². The minimum atomic E-state index is -0.0663. The van der Waals surface area contributed by atoms with Crippen LogP contribution in [0.2, 0.25) is 0 Å². The number of methoxy groups -OCH3 is 1. The molecule has 0 saturated carbocycles. The second kappa shape index (κ2) is 12.0. The SMILES string of the molecule is COc1ccccc1/C=C/C(=O)NC[C@H](C)CCCN1CCN(c2nsc3ccccc23)CC1. The van der Waals surface area contributed by atoms with Gasteiger partial charge in [0.2, 0.25) is 5.91 Å². The largest absolute Gasteiger partial charge is 0.496 e. The highest BCUT2D eigenvalue weighted by molar-refractivity contribution is 7.13. The van der Waals surface area contributed by atoms with Crippen molar-refractivity contribution in [3.8, 4) is 5.75 Å². The summed E-state index contributed by atoms with van der Waals surface area (Å²) in [5, 5.41) is 4.29. The molecule has 4 rings (SSSR count). The van der Waals surface area contributed by atoms with Crippen LogP contribution in [0.15, 0.2) is 54.6 Å². The molecule has 7 heteroatoms. The van der Waals surface area contributed by atoms with Gasteiger partial charge in [0, 0.05) is 49.7 Å². The molecule has 0 bridgehead atoms. The van der Waals surface area contributed by atoms with Gasteiger partial charge in [-0.1, -0.05) is 37.3 Å². The first-order chi connectivity index (χ1) is 16.6. The lowest BCUT2D eigenvalue weighted by molar-refractivity contribution is -0.116. The number of hydrogen-bond donors (Lipinski definition) is 1. The van der Waals surface area contributed by atoms with Gasteiger partial charge in [0.25, 0.3) is 0 Å². The van der Waals surface area contributed by atoms with E-state index >= 15 is 0 Å². The van der Waals surface area contributed by atoms with E-state index in [1.165, 1.54) is 10.1 Å². The maximum atomic E-state index is 12.2. The monoisotopic (exact) mass is 478 g/mol. The van der Waals surface area contributed by atoms with E-state index in [1.54, 1.807) is 30.8 Å². The van der Waals surface area contributed by atoms with Crippen LogP contribution in [0.3, 0.4) is 0 Å². The minimum Gasteiger partial charge on any atom is -0.496 e. The molecule has 2 aromatic carbocycles. The lowest BCUT2D eigenvalue weighted by Crippen LogP contribution is -2.46. The summed E-state index contributed by atoms with van der Waals surface area (Å²) in [5.74, 6) is 2.29. The van der Waals surface area contributed by atoms with E-state index in [2.05, 4.69) is 46.3 Å². The Balaban J connectivity index is 1.13. The van der Waals surface area contributed by atoms with Crippen LogP contribution < -0.4 is 15.0 Å². The Morgan fingerprint density at radius 3 is 2.74 bits per heavy atom. The molecule has 3 aromatic rings. The third kappa shape index (κ3) is 6.36. The third-order valence-corrected chi connectivity index (χ3v) is 7.20. The summed E-state index contributed by atoms with van der Waals surface area (Å²) in [4.78, 5) is 17.2. The number of anilines is 1. The zero-order valence-corrected chi connectivity index (χ0v) is 20.9. The molecule has 180 valence electrons. The van der Waals surface area contributed by atoms with Crippen molar-refractivity contribution in [3.05, 3.63) is 60.2 Å². The second-order valence-electron chi connectivity index (χ2n) is 8.90. The van der Waals surface area contributed by atoms with Crippen molar-refractivity contribution < 1.29 is 9.53 Å². The molecule has 1 atom stereocenters. The standard InChI is InChI=1S/C27H34N4O2S/c1-21(20-28-26(32)14-13-22-9-3-5-11-24(22)33-2)8-7-15-30-16-18-31(19-17-30)27-23-10-4-6-12-25(23)34-29-27/h3-6,9-14,21H,7-8,15-20H2,1-2H3,(H,28,32)/b14-13+/t21-/m1/s1. The van der Waals surface area contributed by atoms with Crippen molar-refractivity contribution in [1.82, 2.24) is 14.6 Å². The maximum absolute atomic E-state index is 12.2. The van der Waals surface area contributed by atoms with E-state index in [9.17, 15) is 4.79 Å². The van der Waals surface area contributed by atoms with Crippen molar-refractivity contribution in [2.45, 2.75) is 19.8 Å². The first kappa shape index (κ1) is 24.2. The van der Waals surface area contributed by atoms with Crippen molar-refractivity contribution in [2.24, 2.45) is 5.92 Å². The van der Waals surface area contributed by atoms with Gasteiger partial charge in [0.1, 0.15) is 11.6 Å². The van der Waals surface area contributed by atoms with Gasteiger partial charge in [0.15, 0.2) is 0 Å². The predicted octanol–water partition coefficient (Wildman–Crippen LogP) is 4.67. The molecule has 0 aliphatic carbocycles. The molecular formula is C27H34N4O2S. The molecule has 0 spiro atoms. The molecular weight excluding hydrogens is 444 g/mol. The number of rotatable bonds is 10. The van der Waals surface area contributed by atoms with Crippen molar-refractivity contribution in [1.29, 1.82) is 0 Å². The maximum Gasteiger partial charge on any atom is 0.244 e. The van der Waals surface area contributed by atoms with Crippen LogP contribution in [0.4, 0.5) is 5.82 Å². The van der Waals surface area contributed by atoms with Gasteiger partial charge in [0.05, 0.1) is 11.8 Å². The molecule has 34 heavy (non-hydrogen) atoms. The van der Waals surface area contributed by atoms with Gasteiger partial charge in [-0.2, -0.15) is 4.37 Å². The minimum absolute atomic E-state index is 0.0663. The van der Waals surface area contributed by atoms with Gasteiger partial charge in [-0.15, -0.1) is 0 Å². The topological polar surface area (TPSA) is 57.7 Å². The Kier molecular flexibility index (Phi) is 8.55. The number of piperazine rings is 1. The van der Waals surface area contributed by atoms with Crippen LogP contribution in [0.5, 0.6) is 5.75 Å². The molecule has 1 amide bonds. The summed E-state index contributed by atoms with van der Waals surface area (Å²) in [6.07, 6.45) is 5.63. The number of aromatic nitrogens is 1. The number of fused-ring (bicyclic) bond motifs is 1. The zero-order valence-electron chi connectivity index (χ0n) is 20.1. The van der Waals surface area contributed by atoms with Crippen LogP contribution in [0, 0.1) is 5.92 Å². The molecule has 1 N–H and O–H groups in total. The number of nitrogens with one attached hydrogen (secondary N) is 1. The molecule has 1 aliphatic heterocycles. The first-order valence-electron chi connectivity index (χ1n) is 12.0. The number of ether oxygens (including phenoxy) is 1. The van der Waals surface area contributed by atoms with Crippen molar-refractivity contribution in [2.75, 3.05) is 51.3 Å². The normalized spacial score (nSPS) is 15.6. The summed E-state index contributed by atoms with van der Waals surface area (Å²) in [7, 11) is 1.64. The summed E-state index contributed by atoms with van der Waals surface area (Å²) >= 11 is 1.59. The van der Waals surface area contributed by atoms with E-state index < -0.39 is 0 Å². The summed E-state index contributed by atoms with van der Waals surface area (Å²) in [5.41, 5.74) is 0.899. The first-order valence-corrected chi connectivity index (χ1v) is 12.8. The average Bonchev–Trinajstić information content (AvgIpc) is 3.31. The van der Waals surface area contributed by atoms with Crippen LogP contribution in [-0.2, 0) is 4.79 Å². The van der Waals surface area contributed by atoms with Gasteiger partial charge in [-0.3, -0.25) is 9.69 Å². The van der Waals surface area contributed by atoms with E-state index in [0.29, 0.717) is 12.5 Å². The van der Waals surface area contributed by atoms with E-state index in [0.717, 1.165) is 62.7 Å². The molecule has 1 fully saturated rings. The number of carbonyl (C=O) groups is 1. The zero-order chi connectivity index (χ0) is 23.8. The van der Waals surface area contributed by atoms with E-state index in [4.69, 9.17) is 9.11 Å². The van der Waals surface area contributed by atoms with E-state index in [-0.39, 0.29) is 5.91 Å². The van der Waals surface area contributed by atoms with Gasteiger partial charge in [-0.05, 0) is 61.1 Å². The number of amides is 1. The Hall–Kier alpha value is -2.90. The summed E-state index contributed by atoms with van der Waals surface area (Å²) in [6, 6.07) is 16.2. The fourth-order valence-corrected chi connectivity index (χ4v) is 5.15. The van der Waals surface area contributed by atoms with Gasteiger partial charge >= 0.3 is 0 Å². The number of hydrogen-bond acceptors (Lipinski definition) is 6. The van der Waals surface area contributed by atoms with Crippen molar-refractivity contribution in [3.63, 3.8) is 0 Å². The van der Waals surface area contributed by atoms with Crippen LogP contribution in [-0.4, -0.2) is 61.6 Å². The van der Waals surface area contributed by atoms with Gasteiger partial charge in [-0.25, -0.2) is 0 Å². The summed E-state index contributed by atoms with van der Waals surface area (Å²) < 4.78 is 11.3. The second-order valence-corrected chi connectivity index (χ2v) is 9.70. The number of benzene rings is 2. The van der Waals surface area contributed by atoms with Crippen LogP contribution in [0.25, 0.3) is 16.2 Å².